The SMILES string of the molecule is O=C(NC(=S)Nc1ccc2c(c1)C(=O)c1ccccc1C2=O)c1ccc(Cl)cc1. The third-order valence-corrected chi connectivity index (χ3v) is 4.97. The van der Waals surface area contributed by atoms with Crippen LogP contribution in [0.4, 0.5) is 5.69 Å². The molecule has 0 atom stereocenters. The van der Waals surface area contributed by atoms with Crippen LogP contribution < -0.4 is 10.6 Å². The van der Waals surface area contributed by atoms with Crippen molar-refractivity contribution in [2.24, 2.45) is 0 Å². The fourth-order valence-electron chi connectivity index (χ4n) is 3.12. The van der Waals surface area contributed by atoms with Crippen LogP contribution in [0.3, 0.4) is 0 Å². The lowest BCUT2D eigenvalue weighted by Gasteiger charge is -2.18. The van der Waals surface area contributed by atoms with E-state index in [0.29, 0.717) is 38.5 Å². The van der Waals surface area contributed by atoms with Crippen LogP contribution in [0.15, 0.2) is 66.7 Å². The van der Waals surface area contributed by atoms with E-state index in [-0.39, 0.29) is 16.7 Å². The van der Waals surface area contributed by atoms with E-state index >= 15 is 0 Å². The lowest BCUT2D eigenvalue weighted by molar-refractivity contribution is 0.0976. The topological polar surface area (TPSA) is 75.3 Å². The molecule has 142 valence electrons. The molecule has 0 heterocycles. The van der Waals surface area contributed by atoms with Crippen LogP contribution in [-0.4, -0.2) is 22.6 Å². The largest absolute Gasteiger partial charge is 0.332 e. The van der Waals surface area contributed by atoms with Crippen LogP contribution in [-0.2, 0) is 0 Å². The van der Waals surface area contributed by atoms with E-state index in [9.17, 15) is 14.4 Å². The Morgan fingerprint density at radius 1 is 0.793 bits per heavy atom. The minimum atomic E-state index is -0.391. The molecule has 1 amide bonds. The van der Waals surface area contributed by atoms with Crippen molar-refractivity contribution in [2.75, 3.05) is 5.32 Å². The van der Waals surface area contributed by atoms with Gasteiger partial charge in [0.1, 0.15) is 0 Å². The second-order valence-corrected chi connectivity index (χ2v) is 7.22. The van der Waals surface area contributed by atoms with Gasteiger partial charge < -0.3 is 5.32 Å². The standard InChI is InChI=1S/C22H13ClN2O3S/c23-13-7-5-12(6-8-13)21(28)25-22(29)24-14-9-10-17-18(11-14)20(27)16-4-2-1-3-15(16)19(17)26/h1-11H,(H2,24,25,28,29). The Kier molecular flexibility index (Phi) is 4.96. The molecule has 0 radical (unpaired) electrons. The summed E-state index contributed by atoms with van der Waals surface area (Å²) in [6.45, 7) is 0. The molecule has 4 rings (SSSR count). The molecule has 0 saturated heterocycles. The van der Waals surface area contributed by atoms with Gasteiger partial charge in [-0.1, -0.05) is 35.9 Å². The molecule has 1 aliphatic rings. The number of carbonyl (C=O) groups excluding carboxylic acids is 3. The van der Waals surface area contributed by atoms with Crippen LogP contribution in [0.1, 0.15) is 42.2 Å². The molecular formula is C22H13ClN2O3S. The van der Waals surface area contributed by atoms with Gasteiger partial charge in [0.05, 0.1) is 0 Å². The normalized spacial score (nSPS) is 12.0. The Morgan fingerprint density at radius 3 is 2.03 bits per heavy atom. The maximum atomic E-state index is 12.8. The molecule has 2 N–H and O–H groups in total. The number of nitrogens with one attached hydrogen (secondary N) is 2. The molecule has 1 aliphatic carbocycles. The molecule has 0 saturated carbocycles. The smallest absolute Gasteiger partial charge is 0.257 e. The first-order valence-electron chi connectivity index (χ1n) is 8.64. The Hall–Kier alpha value is -3.35. The maximum Gasteiger partial charge on any atom is 0.257 e. The van der Waals surface area contributed by atoms with Crippen LogP contribution in [0, 0.1) is 0 Å². The third kappa shape index (κ3) is 3.68. The van der Waals surface area contributed by atoms with E-state index in [1.54, 1.807) is 66.7 Å². The predicted octanol–water partition coefficient (Wildman–Crippen LogP) is 4.24. The van der Waals surface area contributed by atoms with Gasteiger partial charge in [0.25, 0.3) is 5.91 Å². The van der Waals surface area contributed by atoms with Gasteiger partial charge in [0.15, 0.2) is 16.7 Å². The van der Waals surface area contributed by atoms with Crippen molar-refractivity contribution >= 4 is 52.1 Å². The van der Waals surface area contributed by atoms with Crippen molar-refractivity contribution in [3.05, 3.63) is 99.6 Å². The molecule has 0 fully saturated rings. The summed E-state index contributed by atoms with van der Waals surface area (Å²) < 4.78 is 0. The van der Waals surface area contributed by atoms with Crippen molar-refractivity contribution in [2.45, 2.75) is 0 Å². The van der Waals surface area contributed by atoms with Crippen LogP contribution in [0.25, 0.3) is 0 Å². The number of thiocarbonyl (C=S) groups is 1. The van der Waals surface area contributed by atoms with Gasteiger partial charge in [-0.15, -0.1) is 0 Å². The molecule has 29 heavy (non-hydrogen) atoms. The van der Waals surface area contributed by atoms with Crippen LogP contribution in [0.2, 0.25) is 5.02 Å². The van der Waals surface area contributed by atoms with Gasteiger partial charge in [0, 0.05) is 38.5 Å². The van der Waals surface area contributed by atoms with Crippen molar-refractivity contribution in [3.8, 4) is 0 Å². The summed E-state index contributed by atoms with van der Waals surface area (Å²) in [5, 5.41) is 6.03. The van der Waals surface area contributed by atoms with Gasteiger partial charge in [0.2, 0.25) is 0 Å². The highest BCUT2D eigenvalue weighted by atomic mass is 35.5. The molecule has 5 nitrogen and oxygen atoms in total. The summed E-state index contributed by atoms with van der Waals surface area (Å²) in [6.07, 6.45) is 0. The quantitative estimate of drug-likeness (QED) is 0.474. The van der Waals surface area contributed by atoms with Gasteiger partial charge >= 0.3 is 0 Å². The zero-order chi connectivity index (χ0) is 20.5. The second-order valence-electron chi connectivity index (χ2n) is 6.38. The first kappa shape index (κ1) is 19.0. The maximum absolute atomic E-state index is 12.8. The number of benzene rings is 3. The number of ketones is 2. The van der Waals surface area contributed by atoms with E-state index in [4.69, 9.17) is 23.8 Å². The number of anilines is 1. The average molecular weight is 421 g/mol. The van der Waals surface area contributed by atoms with Gasteiger partial charge in [-0.05, 0) is 54.7 Å². The van der Waals surface area contributed by atoms with Crippen LogP contribution >= 0.6 is 23.8 Å². The fraction of sp³-hybridized carbons (Fsp3) is 0. The second kappa shape index (κ2) is 7.58. The van der Waals surface area contributed by atoms with Crippen molar-refractivity contribution in [1.29, 1.82) is 0 Å². The minimum absolute atomic E-state index is 0.0693. The van der Waals surface area contributed by atoms with E-state index in [1.807, 2.05) is 0 Å². The highest BCUT2D eigenvalue weighted by molar-refractivity contribution is 7.80. The Labute approximate surface area is 176 Å². The highest BCUT2D eigenvalue weighted by Crippen LogP contribution is 2.29. The fourth-order valence-corrected chi connectivity index (χ4v) is 3.45. The number of hydrogen-bond donors (Lipinski definition) is 2. The van der Waals surface area contributed by atoms with Gasteiger partial charge in [-0.2, -0.15) is 0 Å². The highest BCUT2D eigenvalue weighted by Gasteiger charge is 2.29. The summed E-state index contributed by atoms with van der Waals surface area (Å²) >= 11 is 11.0. The molecule has 0 unspecified atom stereocenters. The van der Waals surface area contributed by atoms with Crippen LogP contribution in [0.5, 0.6) is 0 Å². The molecule has 0 aliphatic heterocycles. The van der Waals surface area contributed by atoms with Gasteiger partial charge in [-0.3, -0.25) is 19.7 Å². The summed E-state index contributed by atoms with van der Waals surface area (Å²) in [5.41, 5.74) is 2.31. The summed E-state index contributed by atoms with van der Waals surface area (Å²) in [7, 11) is 0. The molecule has 7 heteroatoms. The zero-order valence-electron chi connectivity index (χ0n) is 14.9. The Morgan fingerprint density at radius 2 is 1.38 bits per heavy atom. The molecular weight excluding hydrogens is 408 g/mol. The van der Waals surface area contributed by atoms with Crippen molar-refractivity contribution in [1.82, 2.24) is 5.32 Å². The molecule has 0 bridgehead atoms. The number of fused-ring (bicyclic) bond motifs is 2. The minimum Gasteiger partial charge on any atom is -0.332 e. The zero-order valence-corrected chi connectivity index (χ0v) is 16.4. The first-order valence-corrected chi connectivity index (χ1v) is 9.43. The summed E-state index contributed by atoms with van der Waals surface area (Å²) in [6, 6.07) is 17.9. The Balaban J connectivity index is 1.53. The summed E-state index contributed by atoms with van der Waals surface area (Å²) in [4.78, 5) is 37.7. The van der Waals surface area contributed by atoms with E-state index < -0.39 is 5.91 Å². The predicted molar refractivity (Wildman–Crippen MR) is 115 cm³/mol. The number of halogens is 1. The molecule has 0 aromatic heterocycles. The number of hydrogen-bond acceptors (Lipinski definition) is 4. The van der Waals surface area contributed by atoms with Crippen molar-refractivity contribution in [3.63, 3.8) is 0 Å². The van der Waals surface area contributed by atoms with E-state index in [0.717, 1.165) is 0 Å². The first-order chi connectivity index (χ1) is 13.9. The number of rotatable bonds is 2. The summed E-state index contributed by atoms with van der Waals surface area (Å²) in [5.74, 6) is -0.812. The lowest BCUT2D eigenvalue weighted by atomic mass is 9.84. The van der Waals surface area contributed by atoms with Gasteiger partial charge in [-0.25, -0.2) is 0 Å². The third-order valence-electron chi connectivity index (χ3n) is 4.52. The van der Waals surface area contributed by atoms with Crippen molar-refractivity contribution < 1.29 is 14.4 Å². The molecule has 3 aromatic carbocycles. The average Bonchev–Trinajstić information content (AvgIpc) is 2.72. The van der Waals surface area contributed by atoms with E-state index in [2.05, 4.69) is 10.6 Å². The Bertz CT molecular complexity index is 1190. The van der Waals surface area contributed by atoms with E-state index in [1.165, 1.54) is 0 Å². The molecule has 3 aromatic rings. The monoisotopic (exact) mass is 420 g/mol. The number of carbonyl (C=O) groups is 3. The molecule has 0 spiro atoms. The lowest BCUT2D eigenvalue weighted by Crippen LogP contribution is -2.34. The number of amides is 1.